The SMILES string of the molecule is Cc1nnc(CN=C(NC2CC2)NC2CCN(C3CC3)CC2)n1C. The Morgan fingerprint density at radius 2 is 1.71 bits per heavy atom. The molecule has 3 fully saturated rings. The van der Waals surface area contributed by atoms with Crippen LogP contribution in [-0.4, -0.2) is 56.8 Å². The third-order valence-corrected chi connectivity index (χ3v) is 5.41. The topological polar surface area (TPSA) is 70.4 Å². The summed E-state index contributed by atoms with van der Waals surface area (Å²) in [6.07, 6.45) is 7.75. The van der Waals surface area contributed by atoms with Gasteiger partial charge in [0.25, 0.3) is 0 Å². The highest BCUT2D eigenvalue weighted by Gasteiger charge is 2.32. The number of aromatic nitrogens is 3. The molecule has 0 unspecified atom stereocenters. The summed E-state index contributed by atoms with van der Waals surface area (Å²) >= 11 is 0. The third-order valence-electron chi connectivity index (χ3n) is 5.41. The Hall–Kier alpha value is -1.63. The average Bonchev–Trinajstić information content (AvgIpc) is 3.49. The first kappa shape index (κ1) is 15.9. The van der Waals surface area contributed by atoms with E-state index in [-0.39, 0.29) is 0 Å². The van der Waals surface area contributed by atoms with Crippen molar-refractivity contribution < 1.29 is 0 Å². The van der Waals surface area contributed by atoms with Crippen LogP contribution in [0.4, 0.5) is 0 Å². The molecule has 0 spiro atoms. The molecule has 132 valence electrons. The predicted octanol–water partition coefficient (Wildman–Crippen LogP) is 0.948. The van der Waals surface area contributed by atoms with Gasteiger partial charge < -0.3 is 20.1 Å². The molecule has 2 N–H and O–H groups in total. The van der Waals surface area contributed by atoms with Crippen molar-refractivity contribution in [2.75, 3.05) is 13.1 Å². The standard InChI is InChI=1S/C17H29N7/c1-12-21-22-16(23(12)2)11-18-17(19-13-3-4-13)20-14-7-9-24(10-8-14)15-5-6-15/h13-15H,3-11H2,1-2H3,(H2,18,19,20). The molecule has 0 aromatic carbocycles. The molecule has 24 heavy (non-hydrogen) atoms. The molecule has 0 bridgehead atoms. The molecule has 0 atom stereocenters. The first-order valence-corrected chi connectivity index (χ1v) is 9.35. The fraction of sp³-hybridized carbons (Fsp3) is 0.824. The Kier molecular flexibility index (Phi) is 4.43. The van der Waals surface area contributed by atoms with E-state index >= 15 is 0 Å². The normalized spacial score (nSPS) is 23.5. The van der Waals surface area contributed by atoms with Gasteiger partial charge in [-0.05, 0) is 45.4 Å². The molecule has 1 aromatic heterocycles. The Balaban J connectivity index is 1.34. The van der Waals surface area contributed by atoms with E-state index in [1.165, 1.54) is 51.6 Å². The monoisotopic (exact) mass is 331 g/mol. The van der Waals surface area contributed by atoms with Crippen LogP contribution in [0.25, 0.3) is 0 Å². The zero-order chi connectivity index (χ0) is 16.5. The lowest BCUT2D eigenvalue weighted by molar-refractivity contribution is 0.197. The molecular formula is C17H29N7. The van der Waals surface area contributed by atoms with Crippen LogP contribution in [-0.2, 0) is 13.6 Å². The Morgan fingerprint density at radius 3 is 2.25 bits per heavy atom. The van der Waals surface area contributed by atoms with Crippen LogP contribution in [0.1, 0.15) is 50.2 Å². The number of nitrogens with zero attached hydrogens (tertiary/aromatic N) is 5. The van der Waals surface area contributed by atoms with Crippen LogP contribution in [0, 0.1) is 6.92 Å². The van der Waals surface area contributed by atoms with E-state index < -0.39 is 0 Å². The zero-order valence-electron chi connectivity index (χ0n) is 14.8. The molecular weight excluding hydrogens is 302 g/mol. The van der Waals surface area contributed by atoms with Gasteiger partial charge >= 0.3 is 0 Å². The third kappa shape index (κ3) is 3.88. The maximum Gasteiger partial charge on any atom is 0.192 e. The second-order valence-corrected chi connectivity index (χ2v) is 7.49. The molecule has 2 heterocycles. The number of aliphatic imine (C=N–C) groups is 1. The Labute approximate surface area is 143 Å². The van der Waals surface area contributed by atoms with Crippen molar-refractivity contribution in [3.05, 3.63) is 11.6 Å². The average molecular weight is 331 g/mol. The second kappa shape index (κ2) is 6.70. The molecule has 7 heteroatoms. The van der Waals surface area contributed by atoms with Crippen molar-refractivity contribution in [1.29, 1.82) is 0 Å². The molecule has 1 aromatic rings. The van der Waals surface area contributed by atoms with Crippen molar-refractivity contribution in [2.24, 2.45) is 12.0 Å². The van der Waals surface area contributed by atoms with Crippen LogP contribution in [0.15, 0.2) is 4.99 Å². The smallest absolute Gasteiger partial charge is 0.192 e. The summed E-state index contributed by atoms with van der Waals surface area (Å²) < 4.78 is 2.01. The lowest BCUT2D eigenvalue weighted by Crippen LogP contribution is -2.49. The van der Waals surface area contributed by atoms with Gasteiger partial charge in [-0.25, -0.2) is 4.99 Å². The van der Waals surface area contributed by atoms with Crippen molar-refractivity contribution in [3.63, 3.8) is 0 Å². The van der Waals surface area contributed by atoms with Crippen molar-refractivity contribution in [1.82, 2.24) is 30.3 Å². The summed E-state index contributed by atoms with van der Waals surface area (Å²) in [5.41, 5.74) is 0. The molecule has 2 saturated carbocycles. The van der Waals surface area contributed by atoms with Crippen LogP contribution >= 0.6 is 0 Å². The number of rotatable bonds is 5. The summed E-state index contributed by atoms with van der Waals surface area (Å²) in [6, 6.07) is 2.03. The van der Waals surface area contributed by atoms with Crippen molar-refractivity contribution in [2.45, 2.75) is 70.1 Å². The predicted molar refractivity (Wildman–Crippen MR) is 93.8 cm³/mol. The van der Waals surface area contributed by atoms with E-state index in [1.807, 2.05) is 18.5 Å². The van der Waals surface area contributed by atoms with Gasteiger partial charge in [0.2, 0.25) is 0 Å². The summed E-state index contributed by atoms with van der Waals surface area (Å²) in [6.45, 7) is 4.98. The minimum absolute atomic E-state index is 0.534. The quantitative estimate of drug-likeness (QED) is 0.621. The van der Waals surface area contributed by atoms with Gasteiger partial charge in [-0.1, -0.05) is 0 Å². The molecule has 2 aliphatic carbocycles. The molecule has 1 aliphatic heterocycles. The fourth-order valence-electron chi connectivity index (χ4n) is 3.33. The van der Waals surface area contributed by atoms with E-state index in [0.29, 0.717) is 18.6 Å². The fourth-order valence-corrected chi connectivity index (χ4v) is 3.33. The van der Waals surface area contributed by atoms with Crippen molar-refractivity contribution in [3.8, 4) is 0 Å². The summed E-state index contributed by atoms with van der Waals surface area (Å²) in [7, 11) is 2.00. The van der Waals surface area contributed by atoms with Gasteiger partial charge in [-0.2, -0.15) is 0 Å². The van der Waals surface area contributed by atoms with Gasteiger partial charge in [-0.15, -0.1) is 10.2 Å². The van der Waals surface area contributed by atoms with Gasteiger partial charge in [0.1, 0.15) is 12.4 Å². The second-order valence-electron chi connectivity index (χ2n) is 7.49. The van der Waals surface area contributed by atoms with Gasteiger partial charge in [0.05, 0.1) is 0 Å². The number of likely N-dealkylation sites (tertiary alicyclic amines) is 1. The van der Waals surface area contributed by atoms with E-state index in [4.69, 9.17) is 4.99 Å². The highest BCUT2D eigenvalue weighted by atomic mass is 15.3. The molecule has 0 radical (unpaired) electrons. The highest BCUT2D eigenvalue weighted by Crippen LogP contribution is 2.29. The highest BCUT2D eigenvalue weighted by molar-refractivity contribution is 5.80. The largest absolute Gasteiger partial charge is 0.354 e. The molecule has 1 saturated heterocycles. The molecule has 4 rings (SSSR count). The van der Waals surface area contributed by atoms with E-state index in [0.717, 1.165) is 23.7 Å². The number of aryl methyl sites for hydroxylation is 1. The Morgan fingerprint density at radius 1 is 1.04 bits per heavy atom. The minimum atomic E-state index is 0.534. The Bertz CT molecular complexity index is 592. The first-order valence-electron chi connectivity index (χ1n) is 9.35. The maximum absolute atomic E-state index is 4.77. The van der Waals surface area contributed by atoms with E-state index in [9.17, 15) is 0 Å². The number of nitrogens with one attached hydrogen (secondary N) is 2. The molecule has 3 aliphatic rings. The summed E-state index contributed by atoms with van der Waals surface area (Å²) in [5, 5.41) is 15.5. The van der Waals surface area contributed by atoms with Crippen LogP contribution in [0.3, 0.4) is 0 Å². The van der Waals surface area contributed by atoms with Gasteiger partial charge in [-0.3, -0.25) is 0 Å². The van der Waals surface area contributed by atoms with E-state index in [2.05, 4.69) is 25.7 Å². The first-order chi connectivity index (χ1) is 11.7. The number of hydrogen-bond acceptors (Lipinski definition) is 4. The van der Waals surface area contributed by atoms with E-state index in [1.54, 1.807) is 0 Å². The molecule has 0 amide bonds. The number of guanidine groups is 1. The minimum Gasteiger partial charge on any atom is -0.354 e. The zero-order valence-corrected chi connectivity index (χ0v) is 14.8. The molecule has 7 nitrogen and oxygen atoms in total. The maximum atomic E-state index is 4.77. The van der Waals surface area contributed by atoms with Gasteiger partial charge in [0.15, 0.2) is 11.8 Å². The number of hydrogen-bond donors (Lipinski definition) is 2. The summed E-state index contributed by atoms with van der Waals surface area (Å²) in [5.74, 6) is 2.79. The lowest BCUT2D eigenvalue weighted by atomic mass is 10.1. The van der Waals surface area contributed by atoms with Crippen LogP contribution < -0.4 is 10.6 Å². The van der Waals surface area contributed by atoms with Gasteiger partial charge in [0, 0.05) is 38.3 Å². The van der Waals surface area contributed by atoms with Crippen LogP contribution in [0.5, 0.6) is 0 Å². The van der Waals surface area contributed by atoms with Crippen LogP contribution in [0.2, 0.25) is 0 Å². The van der Waals surface area contributed by atoms with Crippen molar-refractivity contribution >= 4 is 5.96 Å². The summed E-state index contributed by atoms with van der Waals surface area (Å²) in [4.78, 5) is 7.42. The lowest BCUT2D eigenvalue weighted by Gasteiger charge is -2.33. The number of piperidine rings is 1.